The first-order chi connectivity index (χ1) is 14.9. The maximum atomic E-state index is 12.5. The molecule has 8 heteroatoms. The van der Waals surface area contributed by atoms with Crippen molar-refractivity contribution in [1.82, 2.24) is 4.98 Å². The van der Waals surface area contributed by atoms with Crippen LogP contribution in [0, 0.1) is 6.92 Å². The highest BCUT2D eigenvalue weighted by molar-refractivity contribution is 7.09. The van der Waals surface area contributed by atoms with E-state index in [1.54, 1.807) is 35.6 Å². The molecule has 0 unspecified atom stereocenters. The Labute approximate surface area is 184 Å². The number of para-hydroxylation sites is 1. The average molecular weight is 438 g/mol. The van der Waals surface area contributed by atoms with E-state index in [0.29, 0.717) is 29.5 Å². The van der Waals surface area contributed by atoms with Gasteiger partial charge in [0, 0.05) is 29.6 Å². The minimum atomic E-state index is -0.344. The van der Waals surface area contributed by atoms with Gasteiger partial charge in [0.2, 0.25) is 11.8 Å². The Hall–Kier alpha value is -3.65. The number of aromatic nitrogens is 1. The number of nitrogens with zero attached hydrogens (tertiary/aromatic N) is 1. The van der Waals surface area contributed by atoms with E-state index in [1.165, 1.54) is 20.1 Å². The molecule has 2 amide bonds. The minimum absolute atomic E-state index is 0.202. The number of anilines is 2. The number of amides is 2. The van der Waals surface area contributed by atoms with Crippen LogP contribution in [-0.2, 0) is 16.2 Å². The molecule has 160 valence electrons. The summed E-state index contributed by atoms with van der Waals surface area (Å²) < 4.78 is 11.2. The first kappa shape index (κ1) is 22.0. The lowest BCUT2D eigenvalue weighted by Crippen LogP contribution is -2.11. The van der Waals surface area contributed by atoms with E-state index < -0.39 is 0 Å². The summed E-state index contributed by atoms with van der Waals surface area (Å²) in [5, 5.41) is 8.40. The van der Waals surface area contributed by atoms with Crippen molar-refractivity contribution in [3.63, 3.8) is 0 Å². The van der Waals surface area contributed by atoms with Crippen LogP contribution in [-0.4, -0.2) is 23.9 Å². The van der Waals surface area contributed by atoms with Gasteiger partial charge in [-0.2, -0.15) is 0 Å². The van der Waals surface area contributed by atoms with Gasteiger partial charge >= 0.3 is 0 Å². The molecule has 0 bridgehead atoms. The summed E-state index contributed by atoms with van der Waals surface area (Å²) in [6.45, 7) is 3.72. The molecule has 0 aliphatic heterocycles. The van der Waals surface area contributed by atoms with Crippen LogP contribution < -0.4 is 20.1 Å². The fourth-order valence-corrected chi connectivity index (χ4v) is 3.40. The number of hydrogen-bond donors (Lipinski definition) is 2. The molecule has 0 aliphatic carbocycles. The van der Waals surface area contributed by atoms with Crippen LogP contribution in [0.25, 0.3) is 6.08 Å². The summed E-state index contributed by atoms with van der Waals surface area (Å²) in [7, 11) is 1.51. The Balaban J connectivity index is 1.69. The molecule has 3 aromatic rings. The largest absolute Gasteiger partial charge is 0.495 e. The second-order valence-corrected chi connectivity index (χ2v) is 7.67. The average Bonchev–Trinajstić information content (AvgIpc) is 3.16. The fraction of sp³-hybridized carbons (Fsp3) is 0.174. The Bertz CT molecular complexity index is 1110. The van der Waals surface area contributed by atoms with E-state index >= 15 is 0 Å². The molecule has 0 radical (unpaired) electrons. The van der Waals surface area contributed by atoms with Crippen LogP contribution in [0.4, 0.5) is 11.4 Å². The summed E-state index contributed by atoms with van der Waals surface area (Å²) in [6, 6.07) is 12.5. The smallest absolute Gasteiger partial charge is 0.248 e. The number of carbonyl (C=O) groups is 2. The van der Waals surface area contributed by atoms with Gasteiger partial charge in [-0.3, -0.25) is 9.59 Å². The number of ether oxygens (including phenoxy) is 2. The minimum Gasteiger partial charge on any atom is -0.495 e. The molecular weight excluding hydrogens is 414 g/mol. The SMILES string of the molecule is COc1ccc(NC(C)=O)cc1NC(=O)/C=C/c1ccccc1OCc1csc(C)n1. The van der Waals surface area contributed by atoms with Crippen LogP contribution in [0.3, 0.4) is 0 Å². The molecular formula is C23H23N3O4S. The topological polar surface area (TPSA) is 89.6 Å². The molecule has 0 aliphatic rings. The quantitative estimate of drug-likeness (QED) is 0.501. The summed E-state index contributed by atoms with van der Waals surface area (Å²) in [4.78, 5) is 28.2. The van der Waals surface area contributed by atoms with Crippen LogP contribution in [0.15, 0.2) is 53.9 Å². The number of methoxy groups -OCH3 is 1. The summed E-state index contributed by atoms with van der Waals surface area (Å²) in [5.41, 5.74) is 2.64. The Kier molecular flexibility index (Phi) is 7.40. The maximum absolute atomic E-state index is 12.5. The van der Waals surface area contributed by atoms with Gasteiger partial charge in [0.1, 0.15) is 18.1 Å². The van der Waals surface area contributed by atoms with Gasteiger partial charge in [-0.1, -0.05) is 18.2 Å². The van der Waals surface area contributed by atoms with Crippen LogP contribution in [0.1, 0.15) is 23.2 Å². The van der Waals surface area contributed by atoms with Crippen LogP contribution >= 0.6 is 11.3 Å². The standard InChI is InChI=1S/C23H23N3O4S/c1-15(27)24-18-9-10-22(29-3)20(12-18)26-23(28)11-8-17-6-4-5-7-21(17)30-13-19-14-31-16(2)25-19/h4-12,14H,13H2,1-3H3,(H,24,27)(H,26,28)/b11-8+. The highest BCUT2D eigenvalue weighted by Gasteiger charge is 2.09. The lowest BCUT2D eigenvalue weighted by atomic mass is 10.2. The zero-order valence-electron chi connectivity index (χ0n) is 17.5. The zero-order valence-corrected chi connectivity index (χ0v) is 18.3. The third-order valence-corrected chi connectivity index (χ3v) is 4.98. The lowest BCUT2D eigenvalue weighted by molar-refractivity contribution is -0.114. The molecule has 0 saturated heterocycles. The number of aryl methyl sites for hydroxylation is 1. The molecule has 1 aromatic heterocycles. The predicted octanol–water partition coefficient (Wildman–Crippen LogP) is 4.65. The van der Waals surface area contributed by atoms with Crippen molar-refractivity contribution in [2.24, 2.45) is 0 Å². The normalized spacial score (nSPS) is 10.7. The van der Waals surface area contributed by atoms with Gasteiger partial charge in [0.15, 0.2) is 0 Å². The third-order valence-electron chi connectivity index (χ3n) is 4.15. The van der Waals surface area contributed by atoms with E-state index in [4.69, 9.17) is 9.47 Å². The van der Waals surface area contributed by atoms with Crippen molar-refractivity contribution < 1.29 is 19.1 Å². The Morgan fingerprint density at radius 1 is 1.13 bits per heavy atom. The lowest BCUT2D eigenvalue weighted by Gasteiger charge is -2.11. The van der Waals surface area contributed by atoms with Crippen molar-refractivity contribution in [3.05, 3.63) is 70.2 Å². The predicted molar refractivity (Wildman–Crippen MR) is 123 cm³/mol. The molecule has 2 aromatic carbocycles. The van der Waals surface area contributed by atoms with Crippen LogP contribution in [0.5, 0.6) is 11.5 Å². The molecule has 0 spiro atoms. The van der Waals surface area contributed by atoms with E-state index in [9.17, 15) is 9.59 Å². The monoisotopic (exact) mass is 437 g/mol. The second-order valence-electron chi connectivity index (χ2n) is 6.60. The van der Waals surface area contributed by atoms with Crippen molar-refractivity contribution >= 4 is 40.6 Å². The van der Waals surface area contributed by atoms with Crippen molar-refractivity contribution in [3.8, 4) is 11.5 Å². The summed E-state index contributed by atoms with van der Waals surface area (Å²) >= 11 is 1.57. The zero-order chi connectivity index (χ0) is 22.2. The first-order valence-corrected chi connectivity index (χ1v) is 10.4. The number of carbonyl (C=O) groups excluding carboxylic acids is 2. The van der Waals surface area contributed by atoms with E-state index in [1.807, 2.05) is 36.6 Å². The van der Waals surface area contributed by atoms with Gasteiger partial charge in [-0.05, 0) is 37.3 Å². The molecule has 0 atom stereocenters. The highest BCUT2D eigenvalue weighted by Crippen LogP contribution is 2.28. The highest BCUT2D eigenvalue weighted by atomic mass is 32.1. The van der Waals surface area contributed by atoms with Gasteiger partial charge < -0.3 is 20.1 Å². The van der Waals surface area contributed by atoms with Gasteiger partial charge in [0.25, 0.3) is 0 Å². The fourth-order valence-electron chi connectivity index (χ4n) is 2.80. The third kappa shape index (κ3) is 6.42. The van der Waals surface area contributed by atoms with Crippen molar-refractivity contribution in [2.45, 2.75) is 20.5 Å². The van der Waals surface area contributed by atoms with E-state index in [2.05, 4.69) is 15.6 Å². The molecule has 0 fully saturated rings. The molecule has 31 heavy (non-hydrogen) atoms. The summed E-state index contributed by atoms with van der Waals surface area (Å²) in [5.74, 6) is 0.593. The van der Waals surface area contributed by atoms with E-state index in [-0.39, 0.29) is 11.8 Å². The molecule has 7 nitrogen and oxygen atoms in total. The maximum Gasteiger partial charge on any atom is 0.248 e. The van der Waals surface area contributed by atoms with Crippen molar-refractivity contribution in [2.75, 3.05) is 17.7 Å². The number of thiazole rings is 1. The molecule has 2 N–H and O–H groups in total. The molecule has 0 saturated carbocycles. The number of nitrogens with one attached hydrogen (secondary N) is 2. The van der Waals surface area contributed by atoms with Gasteiger partial charge in [0.05, 0.1) is 23.5 Å². The number of hydrogen-bond acceptors (Lipinski definition) is 6. The summed E-state index contributed by atoms with van der Waals surface area (Å²) in [6.07, 6.45) is 3.10. The van der Waals surface area contributed by atoms with Gasteiger partial charge in [-0.15, -0.1) is 11.3 Å². The van der Waals surface area contributed by atoms with E-state index in [0.717, 1.165) is 16.3 Å². The molecule has 1 heterocycles. The molecule has 3 rings (SSSR count). The number of rotatable bonds is 8. The Morgan fingerprint density at radius 3 is 2.65 bits per heavy atom. The number of benzene rings is 2. The van der Waals surface area contributed by atoms with Crippen LogP contribution in [0.2, 0.25) is 0 Å². The van der Waals surface area contributed by atoms with Gasteiger partial charge in [-0.25, -0.2) is 4.98 Å². The Morgan fingerprint density at radius 2 is 1.94 bits per heavy atom. The first-order valence-electron chi connectivity index (χ1n) is 9.52. The van der Waals surface area contributed by atoms with Crippen molar-refractivity contribution in [1.29, 1.82) is 0 Å². The second kappa shape index (κ2) is 10.4.